The van der Waals surface area contributed by atoms with Crippen LogP contribution in [-0.2, 0) is 19.6 Å². The van der Waals surface area contributed by atoms with Crippen molar-refractivity contribution in [3.8, 4) is 11.5 Å². The van der Waals surface area contributed by atoms with Gasteiger partial charge >= 0.3 is 0 Å². The molecule has 0 amide bonds. The maximum Gasteiger partial charge on any atom is 0.163 e. The Morgan fingerprint density at radius 3 is 2.56 bits per heavy atom. The highest BCUT2D eigenvalue weighted by atomic mass is 32.1. The Balaban J connectivity index is 1.62. The molecule has 2 heterocycles. The van der Waals surface area contributed by atoms with E-state index in [0.29, 0.717) is 0 Å². The minimum Gasteiger partial charge on any atom is -0.493 e. The van der Waals surface area contributed by atoms with Crippen molar-refractivity contribution in [1.29, 1.82) is 0 Å². The molecule has 1 aromatic heterocycles. The Bertz CT molecular complexity index is 977. The van der Waals surface area contributed by atoms with Crippen LogP contribution in [0.5, 0.6) is 11.5 Å². The SMILES string of the molecule is COc1cc2c(cc1OC)CN(Cn1c(=S)sc3ccccc31)CC2. The summed E-state index contributed by atoms with van der Waals surface area (Å²) < 4.78 is 15.3. The largest absolute Gasteiger partial charge is 0.493 e. The molecule has 0 radical (unpaired) electrons. The summed E-state index contributed by atoms with van der Waals surface area (Å²) in [5.41, 5.74) is 3.86. The predicted molar refractivity (Wildman–Crippen MR) is 104 cm³/mol. The summed E-state index contributed by atoms with van der Waals surface area (Å²) in [5.74, 6) is 1.60. The van der Waals surface area contributed by atoms with Gasteiger partial charge in [-0.2, -0.15) is 0 Å². The van der Waals surface area contributed by atoms with E-state index in [9.17, 15) is 0 Å². The predicted octanol–water partition coefficient (Wildman–Crippen LogP) is 4.47. The van der Waals surface area contributed by atoms with Gasteiger partial charge in [0.15, 0.2) is 15.5 Å². The Kier molecular flexibility index (Phi) is 4.50. The summed E-state index contributed by atoms with van der Waals surface area (Å²) in [5, 5.41) is 0. The first kappa shape index (κ1) is 16.6. The number of rotatable bonds is 4. The van der Waals surface area contributed by atoms with Crippen LogP contribution in [0.3, 0.4) is 0 Å². The number of fused-ring (bicyclic) bond motifs is 2. The molecular weight excluding hydrogens is 352 g/mol. The highest BCUT2D eigenvalue weighted by molar-refractivity contribution is 7.73. The van der Waals surface area contributed by atoms with E-state index in [4.69, 9.17) is 21.7 Å². The van der Waals surface area contributed by atoms with E-state index >= 15 is 0 Å². The monoisotopic (exact) mass is 372 g/mol. The number of hydrogen-bond acceptors (Lipinski definition) is 5. The summed E-state index contributed by atoms with van der Waals surface area (Å²) in [6, 6.07) is 12.6. The molecule has 4 nitrogen and oxygen atoms in total. The number of para-hydroxylation sites is 1. The molecule has 2 aromatic carbocycles. The highest BCUT2D eigenvalue weighted by Gasteiger charge is 2.20. The smallest absolute Gasteiger partial charge is 0.163 e. The van der Waals surface area contributed by atoms with Gasteiger partial charge in [0.1, 0.15) is 0 Å². The average molecular weight is 373 g/mol. The number of ether oxygens (including phenoxy) is 2. The first-order valence-electron chi connectivity index (χ1n) is 8.24. The molecule has 0 unspecified atom stereocenters. The zero-order valence-corrected chi connectivity index (χ0v) is 16.0. The van der Waals surface area contributed by atoms with Crippen molar-refractivity contribution >= 4 is 33.8 Å². The normalized spacial score (nSPS) is 14.5. The zero-order chi connectivity index (χ0) is 17.4. The number of hydrogen-bond donors (Lipinski definition) is 0. The molecule has 1 aliphatic heterocycles. The van der Waals surface area contributed by atoms with Crippen molar-refractivity contribution < 1.29 is 9.47 Å². The Hall–Kier alpha value is -1.89. The fraction of sp³-hybridized carbons (Fsp3) is 0.316. The summed E-state index contributed by atoms with van der Waals surface area (Å²) in [6.07, 6.45) is 1.01. The van der Waals surface area contributed by atoms with Crippen LogP contribution in [0.4, 0.5) is 0 Å². The summed E-state index contributed by atoms with van der Waals surface area (Å²) in [4.78, 5) is 2.43. The van der Waals surface area contributed by atoms with Gasteiger partial charge in [-0.25, -0.2) is 0 Å². The van der Waals surface area contributed by atoms with Crippen molar-refractivity contribution in [2.24, 2.45) is 0 Å². The van der Waals surface area contributed by atoms with Gasteiger partial charge in [0.25, 0.3) is 0 Å². The molecule has 0 saturated carbocycles. The molecule has 25 heavy (non-hydrogen) atoms. The molecular formula is C19H20N2O2S2. The summed E-state index contributed by atoms with van der Waals surface area (Å²) in [6.45, 7) is 2.71. The van der Waals surface area contributed by atoms with Crippen molar-refractivity contribution in [3.05, 3.63) is 51.5 Å². The van der Waals surface area contributed by atoms with Crippen LogP contribution >= 0.6 is 23.6 Å². The second kappa shape index (κ2) is 6.78. The van der Waals surface area contributed by atoms with Crippen LogP contribution in [0.1, 0.15) is 11.1 Å². The number of nitrogens with zero attached hydrogens (tertiary/aromatic N) is 2. The minimum absolute atomic E-state index is 0.792. The van der Waals surface area contributed by atoms with Crippen molar-refractivity contribution in [3.63, 3.8) is 0 Å². The zero-order valence-electron chi connectivity index (χ0n) is 14.3. The van der Waals surface area contributed by atoms with Crippen molar-refractivity contribution in [2.45, 2.75) is 19.6 Å². The van der Waals surface area contributed by atoms with Gasteiger partial charge in [-0.05, 0) is 54.0 Å². The Labute approximate surface area is 156 Å². The van der Waals surface area contributed by atoms with Gasteiger partial charge < -0.3 is 14.0 Å². The van der Waals surface area contributed by atoms with E-state index in [0.717, 1.165) is 41.6 Å². The van der Waals surface area contributed by atoms with E-state index in [1.54, 1.807) is 25.6 Å². The lowest BCUT2D eigenvalue weighted by atomic mass is 9.99. The van der Waals surface area contributed by atoms with E-state index < -0.39 is 0 Å². The molecule has 4 rings (SSSR count). The van der Waals surface area contributed by atoms with Crippen LogP contribution in [0, 0.1) is 3.95 Å². The summed E-state index contributed by atoms with van der Waals surface area (Å²) in [7, 11) is 3.37. The molecule has 0 atom stereocenters. The van der Waals surface area contributed by atoms with Gasteiger partial charge in [0.05, 0.1) is 31.1 Å². The standard InChI is InChI=1S/C19H20N2O2S2/c1-22-16-9-13-7-8-20(11-14(13)10-17(16)23-2)12-21-15-5-3-4-6-18(15)25-19(21)24/h3-6,9-10H,7-8,11-12H2,1-2H3. The van der Waals surface area contributed by atoms with Gasteiger partial charge in [0, 0.05) is 13.1 Å². The number of thiazole rings is 1. The molecule has 6 heteroatoms. The average Bonchev–Trinajstić information content (AvgIpc) is 2.96. The minimum atomic E-state index is 0.792. The fourth-order valence-electron chi connectivity index (χ4n) is 3.41. The number of aromatic nitrogens is 1. The summed E-state index contributed by atoms with van der Waals surface area (Å²) >= 11 is 7.27. The molecule has 0 spiro atoms. The quantitative estimate of drug-likeness (QED) is 0.632. The number of methoxy groups -OCH3 is 2. The lowest BCUT2D eigenvalue weighted by Crippen LogP contribution is -2.32. The molecule has 1 aliphatic rings. The fourth-order valence-corrected chi connectivity index (χ4v) is 4.72. The molecule has 130 valence electrons. The molecule has 3 aromatic rings. The maximum absolute atomic E-state index is 5.59. The molecule has 0 aliphatic carbocycles. The number of benzene rings is 2. The van der Waals surface area contributed by atoms with E-state index in [2.05, 4.69) is 45.9 Å². The van der Waals surface area contributed by atoms with Crippen LogP contribution < -0.4 is 9.47 Å². The topological polar surface area (TPSA) is 26.6 Å². The van der Waals surface area contributed by atoms with Crippen LogP contribution in [0.2, 0.25) is 0 Å². The molecule has 0 N–H and O–H groups in total. The molecule has 0 saturated heterocycles. The van der Waals surface area contributed by atoms with E-state index in [-0.39, 0.29) is 0 Å². The lowest BCUT2D eigenvalue weighted by Gasteiger charge is -2.30. The second-order valence-corrected chi connectivity index (χ2v) is 7.86. The Morgan fingerprint density at radius 1 is 1.08 bits per heavy atom. The van der Waals surface area contributed by atoms with Crippen LogP contribution in [0.25, 0.3) is 10.2 Å². The highest BCUT2D eigenvalue weighted by Crippen LogP contribution is 2.33. The van der Waals surface area contributed by atoms with E-state index in [1.807, 2.05) is 0 Å². The Morgan fingerprint density at radius 2 is 1.80 bits per heavy atom. The lowest BCUT2D eigenvalue weighted by molar-refractivity contribution is 0.202. The molecule has 0 bridgehead atoms. The van der Waals surface area contributed by atoms with Crippen molar-refractivity contribution in [1.82, 2.24) is 9.47 Å². The van der Waals surface area contributed by atoms with E-state index in [1.165, 1.54) is 21.3 Å². The first-order valence-corrected chi connectivity index (χ1v) is 9.46. The van der Waals surface area contributed by atoms with Crippen LogP contribution in [-0.4, -0.2) is 30.2 Å². The van der Waals surface area contributed by atoms with Gasteiger partial charge in [-0.1, -0.05) is 12.1 Å². The third-order valence-electron chi connectivity index (χ3n) is 4.71. The second-order valence-electron chi connectivity index (χ2n) is 6.18. The first-order chi connectivity index (χ1) is 12.2. The third-order valence-corrected chi connectivity index (χ3v) is 6.14. The van der Waals surface area contributed by atoms with Gasteiger partial charge in [-0.3, -0.25) is 4.90 Å². The third kappa shape index (κ3) is 3.05. The van der Waals surface area contributed by atoms with Gasteiger partial charge in [0.2, 0.25) is 0 Å². The maximum atomic E-state index is 5.59. The van der Waals surface area contributed by atoms with Crippen molar-refractivity contribution in [2.75, 3.05) is 20.8 Å². The van der Waals surface area contributed by atoms with Gasteiger partial charge in [-0.15, -0.1) is 11.3 Å². The molecule has 0 fully saturated rings. The van der Waals surface area contributed by atoms with Crippen LogP contribution in [0.15, 0.2) is 36.4 Å².